The van der Waals surface area contributed by atoms with Crippen molar-refractivity contribution in [3.8, 4) is 0 Å². The zero-order chi connectivity index (χ0) is 26.2. The second-order valence-electron chi connectivity index (χ2n) is 8.84. The number of nitrogens with zero attached hydrogens (tertiary/aromatic N) is 2. The van der Waals surface area contributed by atoms with Crippen LogP contribution >= 0.6 is 0 Å². The predicted octanol–water partition coefficient (Wildman–Crippen LogP) is 1.87. The van der Waals surface area contributed by atoms with Crippen LogP contribution in [0, 0.1) is 0 Å². The third-order valence-electron chi connectivity index (χ3n) is 5.64. The molecule has 11 nitrogen and oxygen atoms in total. The van der Waals surface area contributed by atoms with Crippen LogP contribution in [0.4, 0.5) is 0 Å². The fraction of sp³-hybridized carbons (Fsp3) is 0.792. The number of aromatic amines is 1. The van der Waals surface area contributed by atoms with Crippen molar-refractivity contribution in [3.63, 3.8) is 0 Å². The lowest BCUT2D eigenvalue weighted by atomic mass is 10.1. The lowest BCUT2D eigenvalue weighted by Crippen LogP contribution is -2.50. The predicted molar refractivity (Wildman–Crippen MR) is 130 cm³/mol. The second kappa shape index (κ2) is 16.9. The van der Waals surface area contributed by atoms with Gasteiger partial charge in [0.05, 0.1) is 25.0 Å². The molecule has 0 amide bonds. The van der Waals surface area contributed by atoms with Crippen LogP contribution in [-0.4, -0.2) is 50.0 Å². The molecule has 0 saturated carbocycles. The lowest BCUT2D eigenvalue weighted by Gasteiger charge is -2.14. The molecule has 0 aliphatic rings. The molecule has 200 valence electrons. The van der Waals surface area contributed by atoms with Crippen LogP contribution in [0.15, 0.2) is 14.4 Å². The number of hydrogen-bond acceptors (Lipinski definition) is 8. The fourth-order valence-corrected chi connectivity index (χ4v) is 3.61. The van der Waals surface area contributed by atoms with Gasteiger partial charge in [-0.15, -0.1) is 0 Å². The van der Waals surface area contributed by atoms with Crippen LogP contribution in [0.1, 0.15) is 91.4 Å². The maximum Gasteiger partial charge on any atom is 0.336 e. The van der Waals surface area contributed by atoms with Crippen molar-refractivity contribution in [3.05, 3.63) is 31.5 Å². The standard InChI is InChI=1S/C24H41N3O8/c1-4-5-6-8-11-18(2)34-20(29)13-15-26-22(31)25-23(32)27(24(26)33)16-14-21(30)35-19(3)12-9-7-10-17-28/h18-19,28H,4-17H2,1-3H3,(H,25,31,32). The quantitative estimate of drug-likeness (QED) is 0.230. The number of aliphatic hydroxyl groups is 1. The third kappa shape index (κ3) is 12.0. The molecule has 0 radical (unpaired) electrons. The van der Waals surface area contributed by atoms with Crippen LogP contribution in [-0.2, 0) is 32.2 Å². The van der Waals surface area contributed by atoms with E-state index in [2.05, 4.69) is 6.92 Å². The summed E-state index contributed by atoms with van der Waals surface area (Å²) in [5.41, 5.74) is -2.75. The first-order chi connectivity index (χ1) is 16.7. The maximum atomic E-state index is 12.7. The Kier molecular flexibility index (Phi) is 14.6. The minimum absolute atomic E-state index is 0.124. The number of carbonyl (C=O) groups excluding carboxylic acids is 2. The number of aliphatic hydroxyl groups excluding tert-OH is 1. The van der Waals surface area contributed by atoms with Gasteiger partial charge in [0, 0.05) is 19.7 Å². The van der Waals surface area contributed by atoms with Gasteiger partial charge in [-0.05, 0) is 46.0 Å². The largest absolute Gasteiger partial charge is 0.463 e. The monoisotopic (exact) mass is 499 g/mol. The van der Waals surface area contributed by atoms with Crippen LogP contribution in [0.2, 0.25) is 0 Å². The van der Waals surface area contributed by atoms with Crippen LogP contribution in [0.25, 0.3) is 0 Å². The number of rotatable bonds is 18. The Labute approximate surface area is 205 Å². The first-order valence-corrected chi connectivity index (χ1v) is 12.6. The molecule has 2 N–H and O–H groups in total. The van der Waals surface area contributed by atoms with Crippen molar-refractivity contribution >= 4 is 11.9 Å². The molecule has 0 aliphatic carbocycles. The molecule has 11 heteroatoms. The van der Waals surface area contributed by atoms with E-state index in [0.717, 1.165) is 54.1 Å². The highest BCUT2D eigenvalue weighted by molar-refractivity contribution is 5.69. The van der Waals surface area contributed by atoms with Crippen molar-refractivity contribution in [1.29, 1.82) is 0 Å². The van der Waals surface area contributed by atoms with E-state index in [0.29, 0.717) is 12.8 Å². The number of esters is 2. The minimum atomic E-state index is -0.927. The van der Waals surface area contributed by atoms with E-state index < -0.39 is 29.0 Å². The van der Waals surface area contributed by atoms with Gasteiger partial charge in [-0.25, -0.2) is 23.5 Å². The van der Waals surface area contributed by atoms with Crippen molar-refractivity contribution in [1.82, 2.24) is 14.1 Å². The molecule has 0 aliphatic heterocycles. The molecule has 1 rings (SSSR count). The number of aromatic nitrogens is 3. The molecule has 2 unspecified atom stereocenters. The van der Waals surface area contributed by atoms with Gasteiger partial charge in [0.2, 0.25) is 0 Å². The second-order valence-corrected chi connectivity index (χ2v) is 8.84. The van der Waals surface area contributed by atoms with E-state index in [9.17, 15) is 24.0 Å². The summed E-state index contributed by atoms with van der Waals surface area (Å²) in [6.45, 7) is 5.29. The van der Waals surface area contributed by atoms with Crippen molar-refractivity contribution in [2.24, 2.45) is 0 Å². The zero-order valence-corrected chi connectivity index (χ0v) is 21.3. The Morgan fingerprint density at radius 2 is 1.26 bits per heavy atom. The van der Waals surface area contributed by atoms with Gasteiger partial charge in [0.25, 0.3) is 0 Å². The van der Waals surface area contributed by atoms with E-state index in [1.807, 2.05) is 4.98 Å². The highest BCUT2D eigenvalue weighted by atomic mass is 16.5. The summed E-state index contributed by atoms with van der Waals surface area (Å²) in [5.74, 6) is -1.10. The number of unbranched alkanes of at least 4 members (excludes halogenated alkanes) is 5. The normalized spacial score (nSPS) is 12.8. The molecule has 0 saturated heterocycles. The van der Waals surface area contributed by atoms with Gasteiger partial charge < -0.3 is 14.6 Å². The van der Waals surface area contributed by atoms with Crippen molar-refractivity contribution in [2.75, 3.05) is 6.61 Å². The first kappa shape index (κ1) is 30.3. The molecule has 2 atom stereocenters. The SMILES string of the molecule is CCCCCCC(C)OC(=O)CCn1c(=O)[nH]c(=O)n(CCC(=O)OC(C)CCCCCO)c1=O. The topological polar surface area (TPSA) is 150 Å². The molecule has 0 fully saturated rings. The minimum Gasteiger partial charge on any atom is -0.463 e. The Morgan fingerprint density at radius 3 is 1.69 bits per heavy atom. The van der Waals surface area contributed by atoms with E-state index >= 15 is 0 Å². The summed E-state index contributed by atoms with van der Waals surface area (Å²) in [4.78, 5) is 63.2. The van der Waals surface area contributed by atoms with Gasteiger partial charge in [-0.2, -0.15) is 0 Å². The Bertz CT molecular complexity index is 878. The molecule has 35 heavy (non-hydrogen) atoms. The van der Waals surface area contributed by atoms with Gasteiger partial charge in [0.1, 0.15) is 0 Å². The maximum absolute atomic E-state index is 12.7. The number of H-pyrrole nitrogens is 1. The Balaban J connectivity index is 2.62. The lowest BCUT2D eigenvalue weighted by molar-refractivity contribution is -0.149. The van der Waals surface area contributed by atoms with E-state index in [-0.39, 0.29) is 44.7 Å². The summed E-state index contributed by atoms with van der Waals surface area (Å²) in [6, 6.07) is 0. The summed E-state index contributed by atoms with van der Waals surface area (Å²) in [7, 11) is 0. The average Bonchev–Trinajstić information content (AvgIpc) is 2.79. The summed E-state index contributed by atoms with van der Waals surface area (Å²) >= 11 is 0. The summed E-state index contributed by atoms with van der Waals surface area (Å²) < 4.78 is 12.1. The van der Waals surface area contributed by atoms with Gasteiger partial charge >= 0.3 is 29.0 Å². The van der Waals surface area contributed by atoms with E-state index in [4.69, 9.17) is 14.6 Å². The van der Waals surface area contributed by atoms with E-state index in [1.54, 1.807) is 13.8 Å². The molecule has 1 heterocycles. The van der Waals surface area contributed by atoms with Gasteiger partial charge in [0.15, 0.2) is 0 Å². The number of ether oxygens (including phenoxy) is 2. The zero-order valence-electron chi connectivity index (χ0n) is 21.3. The summed E-state index contributed by atoms with van der Waals surface area (Å²) in [6.07, 6.45) is 6.98. The highest BCUT2D eigenvalue weighted by Crippen LogP contribution is 2.09. The van der Waals surface area contributed by atoms with Gasteiger partial charge in [-0.3, -0.25) is 14.6 Å². The number of carbonyl (C=O) groups is 2. The molecule has 0 bridgehead atoms. The summed E-state index contributed by atoms with van der Waals surface area (Å²) in [5, 5.41) is 8.79. The van der Waals surface area contributed by atoms with E-state index in [1.165, 1.54) is 0 Å². The van der Waals surface area contributed by atoms with Crippen molar-refractivity contribution in [2.45, 2.75) is 117 Å². The molecule has 1 aromatic rings. The number of hydrogen-bond donors (Lipinski definition) is 2. The molecule has 0 spiro atoms. The first-order valence-electron chi connectivity index (χ1n) is 12.6. The third-order valence-corrected chi connectivity index (χ3v) is 5.64. The average molecular weight is 500 g/mol. The highest BCUT2D eigenvalue weighted by Gasteiger charge is 2.16. The molecule has 1 aromatic heterocycles. The fourth-order valence-electron chi connectivity index (χ4n) is 3.61. The van der Waals surface area contributed by atoms with Crippen LogP contribution in [0.5, 0.6) is 0 Å². The molecular weight excluding hydrogens is 458 g/mol. The number of nitrogens with one attached hydrogen (secondary N) is 1. The molecular formula is C24H41N3O8. The van der Waals surface area contributed by atoms with Crippen molar-refractivity contribution < 1.29 is 24.2 Å². The molecule has 0 aromatic carbocycles. The Hall–Kier alpha value is -2.69. The van der Waals surface area contributed by atoms with Crippen LogP contribution < -0.4 is 17.1 Å². The van der Waals surface area contributed by atoms with Crippen LogP contribution in [0.3, 0.4) is 0 Å². The van der Waals surface area contributed by atoms with Gasteiger partial charge in [-0.1, -0.05) is 32.6 Å². The smallest absolute Gasteiger partial charge is 0.336 e. The Morgan fingerprint density at radius 1 is 0.800 bits per heavy atom.